The zero-order valence-corrected chi connectivity index (χ0v) is 26.0. The van der Waals surface area contributed by atoms with E-state index in [9.17, 15) is 19.5 Å². The number of fused-ring (bicyclic) bond motifs is 1. The Bertz CT molecular complexity index is 1430. The molecule has 4 amide bonds. The second-order valence-corrected chi connectivity index (χ2v) is 12.5. The second kappa shape index (κ2) is 14.5. The number of benzene rings is 3. The fourth-order valence-corrected chi connectivity index (χ4v) is 6.02. The summed E-state index contributed by atoms with van der Waals surface area (Å²) in [5.74, 6) is 0.0523. The van der Waals surface area contributed by atoms with Crippen LogP contribution in [-0.4, -0.2) is 60.0 Å². The molecule has 0 saturated heterocycles. The van der Waals surface area contributed by atoms with E-state index in [4.69, 9.17) is 0 Å². The first kappa shape index (κ1) is 32.1. The molecule has 0 radical (unpaired) electrons. The van der Waals surface area contributed by atoms with E-state index in [-0.39, 0.29) is 24.3 Å². The molecule has 43 heavy (non-hydrogen) atoms. The van der Waals surface area contributed by atoms with E-state index in [2.05, 4.69) is 21.3 Å². The van der Waals surface area contributed by atoms with E-state index in [1.165, 1.54) is 0 Å². The smallest absolute Gasteiger partial charge is 0.314 e. The lowest BCUT2D eigenvalue weighted by Crippen LogP contribution is -2.52. The third-order valence-electron chi connectivity index (χ3n) is 7.23. The largest absolute Gasteiger partial charge is 0.392 e. The molecule has 3 aromatic carbocycles. The summed E-state index contributed by atoms with van der Waals surface area (Å²) in [4.78, 5) is 41.4. The molecule has 10 heteroatoms. The Morgan fingerprint density at radius 3 is 2.47 bits per heavy atom. The Balaban J connectivity index is 1.51. The zero-order valence-electron chi connectivity index (χ0n) is 25.1. The molecule has 1 aliphatic heterocycles. The number of anilines is 1. The molecule has 5 N–H and O–H groups in total. The average molecular weight is 604 g/mol. The van der Waals surface area contributed by atoms with Gasteiger partial charge in [-0.15, -0.1) is 11.8 Å². The van der Waals surface area contributed by atoms with E-state index in [1.807, 2.05) is 86.6 Å². The van der Waals surface area contributed by atoms with Crippen LogP contribution in [0, 0.1) is 0 Å². The maximum Gasteiger partial charge on any atom is 0.314 e. The highest BCUT2D eigenvalue weighted by molar-refractivity contribution is 7.99. The maximum absolute atomic E-state index is 13.9. The van der Waals surface area contributed by atoms with Gasteiger partial charge >= 0.3 is 6.03 Å². The molecule has 1 heterocycles. The number of carbonyl (C=O) groups excluding carboxylic acids is 3. The number of para-hydroxylation sites is 1. The van der Waals surface area contributed by atoms with E-state index >= 15 is 0 Å². The summed E-state index contributed by atoms with van der Waals surface area (Å²) in [6.45, 7) is 6.62. The Labute approximate surface area is 257 Å². The normalized spacial score (nSPS) is 15.7. The minimum Gasteiger partial charge on any atom is -0.392 e. The highest BCUT2D eigenvalue weighted by Crippen LogP contribution is 2.35. The predicted molar refractivity (Wildman–Crippen MR) is 172 cm³/mol. The standard InChI is InChI=1S/C33H41N5O4S/c1-22(39)18-36-33(2,3)17-30(40)37-27-21-43-29-12-8-7-11-28(29)38(31(27)41)20-23-13-15-24(16-14-23)26-10-6-5-9-25(26)19-35-32(42)34-4/h5-16,22,27,36,39H,17-21H2,1-4H3,(H,37,40)(H2,34,35,42)/t22-,27-/m1/s1. The summed E-state index contributed by atoms with van der Waals surface area (Å²) in [5, 5.41) is 21.2. The monoisotopic (exact) mass is 603 g/mol. The van der Waals surface area contributed by atoms with Crippen LogP contribution in [0.4, 0.5) is 10.5 Å². The van der Waals surface area contributed by atoms with Crippen molar-refractivity contribution in [2.75, 3.05) is 24.2 Å². The fraction of sp³-hybridized carbons (Fsp3) is 0.364. The van der Waals surface area contributed by atoms with Gasteiger partial charge in [0.2, 0.25) is 5.91 Å². The van der Waals surface area contributed by atoms with Crippen LogP contribution < -0.4 is 26.2 Å². The number of hydrogen-bond acceptors (Lipinski definition) is 6. The lowest BCUT2D eigenvalue weighted by atomic mass is 9.98. The van der Waals surface area contributed by atoms with E-state index in [0.717, 1.165) is 32.8 Å². The van der Waals surface area contributed by atoms with Crippen molar-refractivity contribution >= 4 is 35.3 Å². The summed E-state index contributed by atoms with van der Waals surface area (Å²) in [6, 6.07) is 22.9. The van der Waals surface area contributed by atoms with Gasteiger partial charge in [-0.2, -0.15) is 0 Å². The summed E-state index contributed by atoms with van der Waals surface area (Å²) in [5.41, 5.74) is 4.26. The molecule has 0 aliphatic carbocycles. The summed E-state index contributed by atoms with van der Waals surface area (Å²) >= 11 is 1.56. The van der Waals surface area contributed by atoms with Crippen LogP contribution in [0.2, 0.25) is 0 Å². The SMILES string of the molecule is CNC(=O)NCc1ccccc1-c1ccc(CN2C(=O)[C@H](NC(=O)CC(C)(C)NC[C@@H](C)O)CSc3ccccc32)cc1. The van der Waals surface area contributed by atoms with Crippen molar-refractivity contribution in [1.82, 2.24) is 21.3 Å². The molecule has 1 aliphatic rings. The molecule has 2 atom stereocenters. The first-order chi connectivity index (χ1) is 20.6. The van der Waals surface area contributed by atoms with Gasteiger partial charge in [0.25, 0.3) is 5.91 Å². The van der Waals surface area contributed by atoms with Crippen LogP contribution in [0.25, 0.3) is 11.1 Å². The first-order valence-corrected chi connectivity index (χ1v) is 15.4. The maximum atomic E-state index is 13.9. The molecule has 4 rings (SSSR count). The molecule has 9 nitrogen and oxygen atoms in total. The van der Waals surface area contributed by atoms with Gasteiger partial charge in [-0.25, -0.2) is 4.79 Å². The van der Waals surface area contributed by atoms with Gasteiger partial charge in [0.15, 0.2) is 0 Å². The highest BCUT2D eigenvalue weighted by atomic mass is 32.2. The molecule has 0 fully saturated rings. The minimum absolute atomic E-state index is 0.157. The van der Waals surface area contributed by atoms with E-state index in [1.54, 1.807) is 30.6 Å². The molecule has 0 saturated carbocycles. The van der Waals surface area contributed by atoms with Crippen LogP contribution >= 0.6 is 11.8 Å². The fourth-order valence-electron chi connectivity index (χ4n) is 4.95. The first-order valence-electron chi connectivity index (χ1n) is 14.4. The number of rotatable bonds is 11. The van der Waals surface area contributed by atoms with Crippen LogP contribution in [-0.2, 0) is 22.7 Å². The summed E-state index contributed by atoms with van der Waals surface area (Å²) in [6.07, 6.45) is -0.355. The average Bonchev–Trinajstić information content (AvgIpc) is 3.11. The third kappa shape index (κ3) is 8.82. The molecule has 3 aromatic rings. The molecule has 0 aromatic heterocycles. The van der Waals surface area contributed by atoms with Gasteiger partial charge in [-0.1, -0.05) is 60.7 Å². The molecule has 0 spiro atoms. The Morgan fingerprint density at radius 2 is 1.74 bits per heavy atom. The second-order valence-electron chi connectivity index (χ2n) is 11.4. The van der Waals surface area contributed by atoms with Crippen molar-refractivity contribution in [1.29, 1.82) is 0 Å². The van der Waals surface area contributed by atoms with Crippen molar-refractivity contribution in [2.24, 2.45) is 0 Å². The molecule has 228 valence electrons. The van der Waals surface area contributed by atoms with E-state index < -0.39 is 17.7 Å². The number of nitrogens with one attached hydrogen (secondary N) is 4. The third-order valence-corrected chi connectivity index (χ3v) is 8.39. The van der Waals surface area contributed by atoms with Gasteiger partial charge in [0.05, 0.1) is 18.3 Å². The summed E-state index contributed by atoms with van der Waals surface area (Å²) < 4.78 is 0. The van der Waals surface area contributed by atoms with Gasteiger partial charge in [-0.3, -0.25) is 9.59 Å². The number of aliphatic hydroxyl groups excluding tert-OH is 1. The number of hydrogen-bond donors (Lipinski definition) is 5. The number of carbonyl (C=O) groups is 3. The van der Waals surface area contributed by atoms with Crippen molar-refractivity contribution in [3.8, 4) is 11.1 Å². The van der Waals surface area contributed by atoms with Crippen LogP contribution in [0.1, 0.15) is 38.3 Å². The number of thioether (sulfide) groups is 1. The Kier molecular flexibility index (Phi) is 10.8. The predicted octanol–water partition coefficient (Wildman–Crippen LogP) is 4.05. The lowest BCUT2D eigenvalue weighted by Gasteiger charge is -2.29. The van der Waals surface area contributed by atoms with Crippen molar-refractivity contribution in [3.63, 3.8) is 0 Å². The Hall–Kier alpha value is -3.86. The number of nitrogens with zero attached hydrogens (tertiary/aromatic N) is 1. The van der Waals surface area contributed by atoms with Crippen molar-refractivity contribution in [3.05, 3.63) is 83.9 Å². The number of urea groups is 1. The minimum atomic E-state index is -0.684. The van der Waals surface area contributed by atoms with Gasteiger partial charge in [0.1, 0.15) is 6.04 Å². The molecule has 0 unspecified atom stereocenters. The van der Waals surface area contributed by atoms with Crippen LogP contribution in [0.3, 0.4) is 0 Å². The zero-order chi connectivity index (χ0) is 31.0. The molecular formula is C33H41N5O4S. The van der Waals surface area contributed by atoms with E-state index in [0.29, 0.717) is 25.4 Å². The van der Waals surface area contributed by atoms with Gasteiger partial charge in [0, 0.05) is 42.7 Å². The summed E-state index contributed by atoms with van der Waals surface area (Å²) in [7, 11) is 1.59. The number of aliphatic hydroxyl groups is 1. The number of amides is 4. The molecular weight excluding hydrogens is 562 g/mol. The van der Waals surface area contributed by atoms with Crippen LogP contribution in [0.15, 0.2) is 77.7 Å². The molecule has 0 bridgehead atoms. The van der Waals surface area contributed by atoms with Crippen LogP contribution in [0.5, 0.6) is 0 Å². The van der Waals surface area contributed by atoms with Crippen molar-refractivity contribution in [2.45, 2.75) is 62.9 Å². The number of β-amino-alcohol motifs (C(OH)–C–C–N with tert-alkyl or cyclic N) is 1. The van der Waals surface area contributed by atoms with Crippen molar-refractivity contribution < 1.29 is 19.5 Å². The quantitative estimate of drug-likeness (QED) is 0.226. The van der Waals surface area contributed by atoms with Gasteiger partial charge in [-0.05, 0) is 55.2 Å². The lowest BCUT2D eigenvalue weighted by molar-refractivity contribution is -0.127. The Morgan fingerprint density at radius 1 is 1.05 bits per heavy atom. The topological polar surface area (TPSA) is 123 Å². The van der Waals surface area contributed by atoms with Gasteiger partial charge < -0.3 is 31.3 Å². The highest BCUT2D eigenvalue weighted by Gasteiger charge is 2.33.